The Kier molecular flexibility index (Phi) is 3.07. The van der Waals surface area contributed by atoms with Crippen LogP contribution in [0.1, 0.15) is 16.7 Å². The molecule has 0 saturated carbocycles. The van der Waals surface area contributed by atoms with Gasteiger partial charge >= 0.3 is 0 Å². The van der Waals surface area contributed by atoms with E-state index in [1.807, 2.05) is 11.8 Å². The Morgan fingerprint density at radius 3 is 2.60 bits per heavy atom. The van der Waals surface area contributed by atoms with E-state index >= 15 is 0 Å². The fraction of sp³-hybridized carbons (Fsp3) is 0.385. The van der Waals surface area contributed by atoms with E-state index in [0.29, 0.717) is 0 Å². The van der Waals surface area contributed by atoms with Crippen LogP contribution in [0.25, 0.3) is 6.08 Å². The fourth-order valence-corrected chi connectivity index (χ4v) is 3.43. The Morgan fingerprint density at radius 1 is 1.13 bits per heavy atom. The molecule has 0 fully saturated rings. The number of rotatable bonds is 2. The highest BCUT2D eigenvalue weighted by Crippen LogP contribution is 2.30. The van der Waals surface area contributed by atoms with Gasteiger partial charge in [0.05, 0.1) is 8.07 Å². The van der Waals surface area contributed by atoms with Gasteiger partial charge in [-0.2, -0.15) is 11.8 Å². The van der Waals surface area contributed by atoms with Crippen molar-refractivity contribution in [3.05, 3.63) is 40.6 Å². The van der Waals surface area contributed by atoms with Gasteiger partial charge in [-0.1, -0.05) is 49.6 Å². The predicted molar refractivity (Wildman–Crippen MR) is 73.8 cm³/mol. The molecular formula is C13H18SSi. The second-order valence-electron chi connectivity index (χ2n) is 5.22. The Labute approximate surface area is 97.8 Å². The van der Waals surface area contributed by atoms with Gasteiger partial charge in [0.1, 0.15) is 0 Å². The summed E-state index contributed by atoms with van der Waals surface area (Å²) in [6, 6.07) is 6.90. The van der Waals surface area contributed by atoms with E-state index in [-0.39, 0.29) is 0 Å². The molecule has 0 bridgehead atoms. The van der Waals surface area contributed by atoms with Gasteiger partial charge in [0, 0.05) is 11.5 Å². The van der Waals surface area contributed by atoms with Crippen LogP contribution >= 0.6 is 11.8 Å². The quantitative estimate of drug-likeness (QED) is 0.687. The first-order valence-electron chi connectivity index (χ1n) is 5.43. The van der Waals surface area contributed by atoms with Crippen molar-refractivity contribution in [2.24, 2.45) is 0 Å². The van der Waals surface area contributed by atoms with E-state index in [1.165, 1.54) is 28.2 Å². The first-order valence-corrected chi connectivity index (χ1v) is 10.2. The summed E-state index contributed by atoms with van der Waals surface area (Å²) in [5.41, 5.74) is 6.86. The third kappa shape index (κ3) is 2.99. The lowest BCUT2D eigenvalue weighted by molar-refractivity contribution is 1.34. The van der Waals surface area contributed by atoms with Crippen LogP contribution in [0.5, 0.6) is 0 Å². The Morgan fingerprint density at radius 2 is 1.87 bits per heavy atom. The number of thioether (sulfide) groups is 1. The summed E-state index contributed by atoms with van der Waals surface area (Å²) < 4.78 is 0. The van der Waals surface area contributed by atoms with Crippen molar-refractivity contribution in [2.75, 3.05) is 0 Å². The monoisotopic (exact) mass is 234 g/mol. The van der Waals surface area contributed by atoms with Crippen LogP contribution in [0.15, 0.2) is 23.9 Å². The second-order valence-corrected chi connectivity index (χ2v) is 11.3. The van der Waals surface area contributed by atoms with Crippen LogP contribution in [-0.2, 0) is 11.5 Å². The van der Waals surface area contributed by atoms with Gasteiger partial charge in [-0.05, 0) is 16.7 Å². The fourth-order valence-electron chi connectivity index (χ4n) is 1.64. The summed E-state index contributed by atoms with van der Waals surface area (Å²) >= 11 is 2.02. The van der Waals surface area contributed by atoms with E-state index in [2.05, 4.69) is 49.6 Å². The average molecular weight is 234 g/mol. The van der Waals surface area contributed by atoms with Gasteiger partial charge in [0.2, 0.25) is 0 Å². The van der Waals surface area contributed by atoms with E-state index in [9.17, 15) is 0 Å². The first kappa shape index (κ1) is 11.0. The largest absolute Gasteiger partial charge is 0.152 e. The molecule has 0 atom stereocenters. The highest BCUT2D eigenvalue weighted by atomic mass is 32.2. The van der Waals surface area contributed by atoms with Gasteiger partial charge in [-0.15, -0.1) is 0 Å². The van der Waals surface area contributed by atoms with E-state index in [1.54, 1.807) is 0 Å². The Hall–Kier alpha value is -0.473. The number of benzene rings is 1. The van der Waals surface area contributed by atoms with Crippen molar-refractivity contribution < 1.29 is 0 Å². The highest BCUT2D eigenvalue weighted by molar-refractivity contribution is 7.98. The van der Waals surface area contributed by atoms with Crippen LogP contribution in [0.3, 0.4) is 0 Å². The lowest BCUT2D eigenvalue weighted by Gasteiger charge is -2.08. The molecule has 1 aromatic carbocycles. The smallest absolute Gasteiger partial charge is 0.0687 e. The molecule has 0 N–H and O–H groups in total. The number of hydrogen-bond acceptors (Lipinski definition) is 1. The van der Waals surface area contributed by atoms with Crippen molar-refractivity contribution in [3.63, 3.8) is 0 Å². The molecule has 0 spiro atoms. The van der Waals surface area contributed by atoms with Gasteiger partial charge in [-0.3, -0.25) is 0 Å². The Bertz CT molecular complexity index is 388. The van der Waals surface area contributed by atoms with Gasteiger partial charge < -0.3 is 0 Å². The van der Waals surface area contributed by atoms with E-state index in [0.717, 1.165) is 0 Å². The summed E-state index contributed by atoms with van der Waals surface area (Å²) in [7, 11) is -1.05. The molecule has 15 heavy (non-hydrogen) atoms. The zero-order valence-corrected chi connectivity index (χ0v) is 11.5. The molecule has 1 heterocycles. The molecule has 0 unspecified atom stereocenters. The second kappa shape index (κ2) is 4.18. The van der Waals surface area contributed by atoms with Crippen molar-refractivity contribution in [1.82, 2.24) is 0 Å². The van der Waals surface area contributed by atoms with Crippen LogP contribution < -0.4 is 0 Å². The summed E-state index contributed by atoms with van der Waals surface area (Å²) in [6.07, 6.45) is 2.30. The molecule has 2 heteroatoms. The number of hydrogen-bond donors (Lipinski definition) is 0. The van der Waals surface area contributed by atoms with Gasteiger partial charge in [0.25, 0.3) is 0 Å². The lowest BCUT2D eigenvalue weighted by Crippen LogP contribution is -2.15. The van der Waals surface area contributed by atoms with E-state index < -0.39 is 8.07 Å². The molecule has 0 aliphatic carbocycles. The van der Waals surface area contributed by atoms with Crippen molar-refractivity contribution in [2.45, 2.75) is 31.1 Å². The molecule has 1 aliphatic heterocycles. The van der Waals surface area contributed by atoms with Crippen LogP contribution in [0, 0.1) is 0 Å². The maximum absolute atomic E-state index is 2.41. The van der Waals surface area contributed by atoms with Gasteiger partial charge in [-0.25, -0.2) is 0 Å². The third-order valence-corrected chi connectivity index (χ3v) is 4.72. The van der Waals surface area contributed by atoms with Crippen LogP contribution in [0.4, 0.5) is 0 Å². The minimum atomic E-state index is -1.05. The van der Waals surface area contributed by atoms with Gasteiger partial charge in [0.15, 0.2) is 0 Å². The zero-order valence-electron chi connectivity index (χ0n) is 9.71. The SMILES string of the molecule is C[Si](C)(C)C=Cc1ccc2c(c1)CSC2. The highest BCUT2D eigenvalue weighted by Gasteiger charge is 2.11. The van der Waals surface area contributed by atoms with E-state index in [4.69, 9.17) is 0 Å². The maximum Gasteiger partial charge on any atom is 0.0687 e. The summed E-state index contributed by atoms with van der Waals surface area (Å²) in [5.74, 6) is 2.40. The zero-order chi connectivity index (χ0) is 10.9. The molecule has 0 nitrogen and oxygen atoms in total. The number of fused-ring (bicyclic) bond motifs is 1. The average Bonchev–Trinajstić information content (AvgIpc) is 2.60. The molecule has 2 rings (SSSR count). The predicted octanol–water partition coefficient (Wildman–Crippen LogP) is 4.32. The molecule has 0 saturated heterocycles. The summed E-state index contributed by atoms with van der Waals surface area (Å²) in [5, 5.41) is 0. The molecule has 0 radical (unpaired) electrons. The van der Waals surface area contributed by atoms with Crippen molar-refractivity contribution >= 4 is 25.9 Å². The maximum atomic E-state index is 2.41. The first-order chi connectivity index (χ1) is 7.04. The summed E-state index contributed by atoms with van der Waals surface area (Å²) in [4.78, 5) is 0. The Balaban J connectivity index is 2.20. The lowest BCUT2D eigenvalue weighted by atomic mass is 10.1. The topological polar surface area (TPSA) is 0 Å². The molecule has 0 aromatic heterocycles. The van der Waals surface area contributed by atoms with Crippen LogP contribution in [-0.4, -0.2) is 8.07 Å². The van der Waals surface area contributed by atoms with Crippen molar-refractivity contribution in [3.8, 4) is 0 Å². The summed E-state index contributed by atoms with van der Waals surface area (Å²) in [6.45, 7) is 7.10. The van der Waals surface area contributed by atoms with Crippen molar-refractivity contribution in [1.29, 1.82) is 0 Å². The minimum absolute atomic E-state index is 1.05. The normalized spacial score (nSPS) is 15.9. The minimum Gasteiger partial charge on any atom is -0.152 e. The van der Waals surface area contributed by atoms with Crippen LogP contribution in [0.2, 0.25) is 19.6 Å². The third-order valence-electron chi connectivity index (χ3n) is 2.52. The molecule has 1 aliphatic rings. The molecule has 0 amide bonds. The molecule has 1 aromatic rings. The standard InChI is InChI=1S/C13H18SSi/c1-15(2,3)7-6-11-4-5-12-9-14-10-13(12)8-11/h4-8H,9-10H2,1-3H3. The molecule has 80 valence electrons. The molecular weight excluding hydrogens is 216 g/mol.